The first kappa shape index (κ1) is 18.3. The average molecular weight is 314 g/mol. The lowest BCUT2D eigenvalue weighted by Gasteiger charge is -2.35. The minimum Gasteiger partial charge on any atom is -0.469 e. The van der Waals surface area contributed by atoms with Crippen molar-refractivity contribution in [3.63, 3.8) is 0 Å². The second-order valence-corrected chi connectivity index (χ2v) is 6.28. The summed E-state index contributed by atoms with van der Waals surface area (Å²) in [4.78, 5) is 38.3. The monoisotopic (exact) mass is 314 g/mol. The number of piperazine rings is 1. The highest BCUT2D eigenvalue weighted by atomic mass is 16.6. The molecule has 7 heteroatoms. The van der Waals surface area contributed by atoms with Gasteiger partial charge in [0.05, 0.1) is 7.11 Å². The normalized spacial score (nSPS) is 15.5. The van der Waals surface area contributed by atoms with E-state index < -0.39 is 5.60 Å². The summed E-state index contributed by atoms with van der Waals surface area (Å²) in [5.74, 6) is -0.296. The highest BCUT2D eigenvalue weighted by molar-refractivity contribution is 5.77. The second kappa shape index (κ2) is 8.00. The molecule has 1 aliphatic rings. The summed E-state index contributed by atoms with van der Waals surface area (Å²) in [5.41, 5.74) is -0.516. The van der Waals surface area contributed by atoms with E-state index in [1.165, 1.54) is 7.11 Å². The molecule has 1 heterocycles. The van der Waals surface area contributed by atoms with Crippen LogP contribution >= 0.6 is 0 Å². The predicted octanol–water partition coefficient (Wildman–Crippen LogP) is 1.41. The molecule has 0 aromatic carbocycles. The van der Waals surface area contributed by atoms with Gasteiger partial charge in [-0.2, -0.15) is 0 Å². The molecule has 1 saturated heterocycles. The summed E-state index contributed by atoms with van der Waals surface area (Å²) in [7, 11) is 1.33. The number of hydrogen-bond donors (Lipinski definition) is 0. The molecule has 1 fully saturated rings. The first-order valence-corrected chi connectivity index (χ1v) is 7.55. The molecule has 1 rings (SSSR count). The molecule has 0 spiro atoms. The van der Waals surface area contributed by atoms with Gasteiger partial charge in [-0.25, -0.2) is 4.79 Å². The van der Waals surface area contributed by atoms with E-state index in [9.17, 15) is 14.4 Å². The van der Waals surface area contributed by atoms with Gasteiger partial charge in [0.15, 0.2) is 0 Å². The SMILES string of the molecule is COC(=O)CCCC(=O)N1CCN(C(=O)OC(C)(C)C)CC1. The molecule has 126 valence electrons. The van der Waals surface area contributed by atoms with Crippen molar-refractivity contribution in [1.29, 1.82) is 0 Å². The lowest BCUT2D eigenvalue weighted by molar-refractivity contribution is -0.141. The van der Waals surface area contributed by atoms with Crippen LogP contribution in [0.3, 0.4) is 0 Å². The van der Waals surface area contributed by atoms with Crippen molar-refractivity contribution >= 4 is 18.0 Å². The Morgan fingerprint density at radius 1 is 0.955 bits per heavy atom. The number of esters is 1. The highest BCUT2D eigenvalue weighted by Crippen LogP contribution is 2.12. The molecule has 0 aromatic heterocycles. The summed E-state index contributed by atoms with van der Waals surface area (Å²) >= 11 is 0. The van der Waals surface area contributed by atoms with Crippen molar-refractivity contribution < 1.29 is 23.9 Å². The van der Waals surface area contributed by atoms with Gasteiger partial charge in [-0.15, -0.1) is 0 Å². The lowest BCUT2D eigenvalue weighted by Crippen LogP contribution is -2.51. The maximum Gasteiger partial charge on any atom is 0.410 e. The third kappa shape index (κ3) is 6.32. The zero-order chi connectivity index (χ0) is 16.8. The number of ether oxygens (including phenoxy) is 2. The second-order valence-electron chi connectivity index (χ2n) is 6.28. The molecule has 2 amide bonds. The van der Waals surface area contributed by atoms with Crippen molar-refractivity contribution in [2.75, 3.05) is 33.3 Å². The van der Waals surface area contributed by atoms with Crippen molar-refractivity contribution in [2.24, 2.45) is 0 Å². The molecule has 7 nitrogen and oxygen atoms in total. The van der Waals surface area contributed by atoms with Crippen LogP contribution in [0.1, 0.15) is 40.0 Å². The van der Waals surface area contributed by atoms with Crippen LogP contribution in [0, 0.1) is 0 Å². The number of methoxy groups -OCH3 is 1. The Hall–Kier alpha value is -1.79. The smallest absolute Gasteiger partial charge is 0.410 e. The van der Waals surface area contributed by atoms with Crippen LogP contribution in [-0.2, 0) is 19.1 Å². The van der Waals surface area contributed by atoms with E-state index in [1.807, 2.05) is 20.8 Å². The van der Waals surface area contributed by atoms with Crippen LogP contribution in [0.4, 0.5) is 4.79 Å². The first-order valence-electron chi connectivity index (χ1n) is 7.55. The van der Waals surface area contributed by atoms with Gasteiger partial charge < -0.3 is 19.3 Å². The van der Waals surface area contributed by atoms with Crippen LogP contribution in [0.2, 0.25) is 0 Å². The fraction of sp³-hybridized carbons (Fsp3) is 0.800. The van der Waals surface area contributed by atoms with E-state index in [2.05, 4.69) is 4.74 Å². The summed E-state index contributed by atoms with van der Waals surface area (Å²) in [6.07, 6.45) is 0.713. The van der Waals surface area contributed by atoms with Crippen LogP contribution < -0.4 is 0 Å². The Balaban J connectivity index is 2.31. The molecule has 0 radical (unpaired) electrons. The third-order valence-corrected chi connectivity index (χ3v) is 3.28. The number of amides is 2. The van der Waals surface area contributed by atoms with Crippen molar-refractivity contribution in [1.82, 2.24) is 9.80 Å². The number of carbonyl (C=O) groups is 3. The van der Waals surface area contributed by atoms with Crippen molar-refractivity contribution in [2.45, 2.75) is 45.6 Å². The molecule has 1 aliphatic heterocycles. The molecule has 0 aliphatic carbocycles. The number of carbonyl (C=O) groups excluding carboxylic acids is 3. The van der Waals surface area contributed by atoms with E-state index in [4.69, 9.17) is 4.74 Å². The zero-order valence-corrected chi connectivity index (χ0v) is 13.9. The Kier molecular flexibility index (Phi) is 6.64. The summed E-state index contributed by atoms with van der Waals surface area (Å²) < 4.78 is 9.84. The maximum absolute atomic E-state index is 12.0. The first-order chi connectivity index (χ1) is 10.2. The molecule has 0 bridgehead atoms. The quantitative estimate of drug-likeness (QED) is 0.733. The largest absolute Gasteiger partial charge is 0.469 e. The van der Waals surface area contributed by atoms with Gasteiger partial charge in [-0.1, -0.05) is 0 Å². The molecule has 0 N–H and O–H groups in total. The zero-order valence-electron chi connectivity index (χ0n) is 13.9. The minimum atomic E-state index is -0.516. The number of nitrogens with zero attached hydrogens (tertiary/aromatic N) is 2. The van der Waals surface area contributed by atoms with Gasteiger partial charge in [0.25, 0.3) is 0 Å². The third-order valence-electron chi connectivity index (χ3n) is 3.28. The standard InChI is InChI=1S/C15H26N2O5/c1-15(2,3)22-14(20)17-10-8-16(9-11-17)12(18)6-5-7-13(19)21-4/h5-11H2,1-4H3. The Morgan fingerprint density at radius 3 is 2.00 bits per heavy atom. The topological polar surface area (TPSA) is 76.2 Å². The minimum absolute atomic E-state index is 0.00717. The number of hydrogen-bond acceptors (Lipinski definition) is 5. The van der Waals surface area contributed by atoms with Gasteiger partial charge in [0, 0.05) is 39.0 Å². The summed E-state index contributed by atoms with van der Waals surface area (Å²) in [6, 6.07) is 0. The van der Waals surface area contributed by atoms with E-state index in [1.54, 1.807) is 9.80 Å². The molecule has 0 atom stereocenters. The van der Waals surface area contributed by atoms with Gasteiger partial charge in [-0.3, -0.25) is 9.59 Å². The number of rotatable bonds is 4. The van der Waals surface area contributed by atoms with E-state index in [-0.39, 0.29) is 24.4 Å². The highest BCUT2D eigenvalue weighted by Gasteiger charge is 2.27. The molecular weight excluding hydrogens is 288 g/mol. The van der Waals surface area contributed by atoms with Gasteiger partial charge in [0.2, 0.25) is 5.91 Å². The van der Waals surface area contributed by atoms with E-state index >= 15 is 0 Å². The summed E-state index contributed by atoms with van der Waals surface area (Å²) in [6.45, 7) is 7.41. The van der Waals surface area contributed by atoms with Crippen molar-refractivity contribution in [3.8, 4) is 0 Å². The predicted molar refractivity (Wildman–Crippen MR) is 80.3 cm³/mol. The van der Waals surface area contributed by atoms with Gasteiger partial charge >= 0.3 is 12.1 Å². The molecule has 0 saturated carbocycles. The molecular formula is C15H26N2O5. The van der Waals surface area contributed by atoms with Crippen LogP contribution in [0.25, 0.3) is 0 Å². The average Bonchev–Trinajstić information content (AvgIpc) is 2.45. The van der Waals surface area contributed by atoms with Crippen LogP contribution in [0.5, 0.6) is 0 Å². The molecule has 22 heavy (non-hydrogen) atoms. The van der Waals surface area contributed by atoms with Crippen molar-refractivity contribution in [3.05, 3.63) is 0 Å². The van der Waals surface area contributed by atoms with Crippen LogP contribution in [0.15, 0.2) is 0 Å². The molecule has 0 unspecified atom stereocenters. The van der Waals surface area contributed by atoms with Gasteiger partial charge in [-0.05, 0) is 27.2 Å². The van der Waals surface area contributed by atoms with E-state index in [0.29, 0.717) is 39.0 Å². The Labute approximate surface area is 131 Å². The van der Waals surface area contributed by atoms with Gasteiger partial charge in [0.1, 0.15) is 5.60 Å². The Morgan fingerprint density at radius 2 is 1.50 bits per heavy atom. The lowest BCUT2D eigenvalue weighted by atomic mass is 10.2. The fourth-order valence-electron chi connectivity index (χ4n) is 2.11. The Bertz CT molecular complexity index is 409. The van der Waals surface area contributed by atoms with E-state index in [0.717, 1.165) is 0 Å². The maximum atomic E-state index is 12.0. The van der Waals surface area contributed by atoms with Crippen LogP contribution in [-0.4, -0.2) is 66.7 Å². The fourth-order valence-corrected chi connectivity index (χ4v) is 2.11. The summed E-state index contributed by atoms with van der Waals surface area (Å²) in [5, 5.41) is 0. The molecule has 0 aromatic rings.